The number of benzene rings is 2. The van der Waals surface area contributed by atoms with E-state index in [2.05, 4.69) is 20.5 Å². The molecule has 0 aliphatic heterocycles. The second-order valence-electron chi connectivity index (χ2n) is 6.43. The number of para-hydroxylation sites is 3. The van der Waals surface area contributed by atoms with Gasteiger partial charge < -0.3 is 9.73 Å². The Morgan fingerprint density at radius 1 is 1.18 bits per heavy atom. The number of amides is 1. The number of nitrogens with one attached hydrogen (secondary N) is 2. The fourth-order valence-electron chi connectivity index (χ4n) is 3.09. The Labute approximate surface area is 160 Å². The van der Waals surface area contributed by atoms with Crippen LogP contribution in [0.3, 0.4) is 0 Å². The van der Waals surface area contributed by atoms with E-state index in [1.165, 1.54) is 0 Å². The first kappa shape index (κ1) is 17.7. The molecule has 2 aromatic heterocycles. The first-order chi connectivity index (χ1) is 13.6. The number of nitrogens with zero attached hydrogens (tertiary/aromatic N) is 3. The van der Waals surface area contributed by atoms with Crippen LogP contribution < -0.4 is 11.1 Å². The van der Waals surface area contributed by atoms with Crippen molar-refractivity contribution in [2.75, 3.05) is 5.32 Å². The highest BCUT2D eigenvalue weighted by Crippen LogP contribution is 2.25. The summed E-state index contributed by atoms with van der Waals surface area (Å²) in [6.07, 6.45) is 0.782. The van der Waals surface area contributed by atoms with Gasteiger partial charge in [-0.25, -0.2) is 9.78 Å². The highest BCUT2D eigenvalue weighted by Gasteiger charge is 2.13. The highest BCUT2D eigenvalue weighted by atomic mass is 16.4. The van der Waals surface area contributed by atoms with E-state index in [9.17, 15) is 9.59 Å². The van der Waals surface area contributed by atoms with Gasteiger partial charge in [0.25, 0.3) is 0 Å². The minimum absolute atomic E-state index is 0.138. The van der Waals surface area contributed by atoms with E-state index in [1.54, 1.807) is 10.6 Å². The van der Waals surface area contributed by atoms with Gasteiger partial charge in [-0.15, -0.1) is 0 Å². The Kier molecular flexibility index (Phi) is 4.76. The molecule has 4 aromatic rings. The molecule has 4 rings (SSSR count). The molecule has 142 valence electrons. The first-order valence-corrected chi connectivity index (χ1v) is 8.98. The number of carbonyl (C=O) groups is 1. The highest BCUT2D eigenvalue weighted by molar-refractivity contribution is 5.94. The number of aromatic nitrogens is 4. The van der Waals surface area contributed by atoms with Gasteiger partial charge in [-0.2, -0.15) is 5.10 Å². The summed E-state index contributed by atoms with van der Waals surface area (Å²) < 4.78 is 6.76. The summed E-state index contributed by atoms with van der Waals surface area (Å²) in [6.45, 7) is 2.23. The molecule has 0 atom stereocenters. The van der Waals surface area contributed by atoms with Gasteiger partial charge in [0.05, 0.1) is 11.2 Å². The molecule has 8 heteroatoms. The Hall–Kier alpha value is -3.68. The van der Waals surface area contributed by atoms with Crippen molar-refractivity contribution in [3.05, 3.63) is 64.9 Å². The summed E-state index contributed by atoms with van der Waals surface area (Å²) in [5.41, 5.74) is 2.68. The average Bonchev–Trinajstić information content (AvgIpc) is 3.25. The zero-order valence-corrected chi connectivity index (χ0v) is 15.3. The van der Waals surface area contributed by atoms with E-state index >= 15 is 0 Å². The summed E-state index contributed by atoms with van der Waals surface area (Å²) >= 11 is 0. The lowest BCUT2D eigenvalue weighted by atomic mass is 10.1. The van der Waals surface area contributed by atoms with Crippen LogP contribution >= 0.6 is 0 Å². The minimum Gasteiger partial charge on any atom is -0.408 e. The van der Waals surface area contributed by atoms with Crippen molar-refractivity contribution in [3.63, 3.8) is 0 Å². The number of aromatic amines is 1. The maximum absolute atomic E-state index is 12.4. The van der Waals surface area contributed by atoms with E-state index in [1.807, 2.05) is 49.4 Å². The van der Waals surface area contributed by atoms with E-state index in [0.29, 0.717) is 35.9 Å². The zero-order valence-electron chi connectivity index (χ0n) is 15.3. The largest absolute Gasteiger partial charge is 0.419 e. The molecule has 0 spiro atoms. The number of aryl methyl sites for hydroxylation is 2. The van der Waals surface area contributed by atoms with Crippen LogP contribution in [-0.2, 0) is 11.3 Å². The molecule has 2 N–H and O–H groups in total. The SMILES string of the molecule is Cc1nc(-c2ccccc2NC(=O)CCCn2c(=O)oc3ccccc32)n[nH]1. The van der Waals surface area contributed by atoms with Gasteiger partial charge in [0.2, 0.25) is 5.91 Å². The van der Waals surface area contributed by atoms with Crippen LogP contribution in [0.25, 0.3) is 22.5 Å². The van der Waals surface area contributed by atoms with Crippen LogP contribution in [0, 0.1) is 6.92 Å². The summed E-state index contributed by atoms with van der Waals surface area (Å²) in [7, 11) is 0. The molecule has 8 nitrogen and oxygen atoms in total. The maximum Gasteiger partial charge on any atom is 0.419 e. The Bertz CT molecular complexity index is 1190. The van der Waals surface area contributed by atoms with Crippen LogP contribution in [-0.4, -0.2) is 25.7 Å². The number of fused-ring (bicyclic) bond motifs is 1. The molecule has 0 radical (unpaired) electrons. The van der Waals surface area contributed by atoms with E-state index in [0.717, 1.165) is 11.1 Å². The number of hydrogen-bond donors (Lipinski definition) is 2. The van der Waals surface area contributed by atoms with Crippen molar-refractivity contribution in [1.82, 2.24) is 19.7 Å². The Morgan fingerprint density at radius 3 is 2.79 bits per heavy atom. The molecule has 0 aliphatic carbocycles. The van der Waals surface area contributed by atoms with Crippen molar-refractivity contribution < 1.29 is 9.21 Å². The number of H-pyrrole nitrogens is 1. The molecule has 2 heterocycles. The predicted molar refractivity (Wildman–Crippen MR) is 105 cm³/mol. The van der Waals surface area contributed by atoms with Crippen LogP contribution in [0.4, 0.5) is 5.69 Å². The summed E-state index contributed by atoms with van der Waals surface area (Å²) in [4.78, 5) is 28.7. The Balaban J connectivity index is 1.42. The third-order valence-corrected chi connectivity index (χ3v) is 4.40. The third-order valence-electron chi connectivity index (χ3n) is 4.40. The molecule has 0 bridgehead atoms. The zero-order chi connectivity index (χ0) is 19.5. The molecule has 0 saturated carbocycles. The van der Waals surface area contributed by atoms with E-state index in [4.69, 9.17) is 4.42 Å². The van der Waals surface area contributed by atoms with Gasteiger partial charge in [0, 0.05) is 18.5 Å². The molecule has 0 saturated heterocycles. The Morgan fingerprint density at radius 2 is 1.96 bits per heavy atom. The predicted octanol–water partition coefficient (Wildman–Crippen LogP) is 3.11. The number of anilines is 1. The van der Waals surface area contributed by atoms with Crippen molar-refractivity contribution in [2.45, 2.75) is 26.3 Å². The molecule has 1 amide bonds. The van der Waals surface area contributed by atoms with Gasteiger partial charge in [-0.05, 0) is 37.6 Å². The van der Waals surface area contributed by atoms with Gasteiger partial charge in [0.15, 0.2) is 11.4 Å². The number of hydrogen-bond acceptors (Lipinski definition) is 5. The monoisotopic (exact) mass is 377 g/mol. The number of rotatable bonds is 6. The molecular formula is C20H19N5O3. The van der Waals surface area contributed by atoms with Crippen LogP contribution in [0.2, 0.25) is 0 Å². The fraction of sp³-hybridized carbons (Fsp3) is 0.200. The summed E-state index contributed by atoms with van der Waals surface area (Å²) in [6, 6.07) is 14.6. The third kappa shape index (κ3) is 3.57. The standard InChI is InChI=1S/C20H19N5O3/c1-13-21-19(24-23-13)14-7-2-3-8-15(14)22-18(26)11-6-12-25-16-9-4-5-10-17(16)28-20(25)27/h2-5,7-10H,6,11-12H2,1H3,(H,22,26)(H,21,23,24). The lowest BCUT2D eigenvalue weighted by Crippen LogP contribution is -2.17. The molecule has 0 unspecified atom stereocenters. The van der Waals surface area contributed by atoms with E-state index in [-0.39, 0.29) is 12.3 Å². The fourth-order valence-corrected chi connectivity index (χ4v) is 3.09. The van der Waals surface area contributed by atoms with Crippen LogP contribution in [0.1, 0.15) is 18.7 Å². The van der Waals surface area contributed by atoms with Crippen molar-refractivity contribution in [1.29, 1.82) is 0 Å². The lowest BCUT2D eigenvalue weighted by Gasteiger charge is -2.09. The van der Waals surface area contributed by atoms with Gasteiger partial charge in [-0.1, -0.05) is 24.3 Å². The van der Waals surface area contributed by atoms with Crippen LogP contribution in [0.5, 0.6) is 0 Å². The molecule has 2 aromatic carbocycles. The number of oxazole rings is 1. The van der Waals surface area contributed by atoms with Gasteiger partial charge >= 0.3 is 5.76 Å². The smallest absolute Gasteiger partial charge is 0.408 e. The second-order valence-corrected chi connectivity index (χ2v) is 6.43. The normalized spacial score (nSPS) is 11.0. The first-order valence-electron chi connectivity index (χ1n) is 8.98. The molecular weight excluding hydrogens is 358 g/mol. The van der Waals surface area contributed by atoms with Crippen molar-refractivity contribution >= 4 is 22.7 Å². The minimum atomic E-state index is -0.410. The summed E-state index contributed by atoms with van der Waals surface area (Å²) in [5, 5.41) is 9.86. The topological polar surface area (TPSA) is 106 Å². The quantitative estimate of drug-likeness (QED) is 0.537. The number of carbonyl (C=O) groups excluding carboxylic acids is 1. The lowest BCUT2D eigenvalue weighted by molar-refractivity contribution is -0.116. The van der Waals surface area contributed by atoms with Gasteiger partial charge in [-0.3, -0.25) is 14.5 Å². The maximum atomic E-state index is 12.4. The molecule has 0 aliphatic rings. The van der Waals surface area contributed by atoms with Gasteiger partial charge in [0.1, 0.15) is 5.82 Å². The second kappa shape index (κ2) is 7.51. The summed E-state index contributed by atoms with van der Waals surface area (Å²) in [5.74, 6) is 0.686. The van der Waals surface area contributed by atoms with E-state index < -0.39 is 5.76 Å². The van der Waals surface area contributed by atoms with Crippen molar-refractivity contribution in [3.8, 4) is 11.4 Å². The van der Waals surface area contributed by atoms with Crippen molar-refractivity contribution in [2.24, 2.45) is 0 Å². The van der Waals surface area contributed by atoms with Crippen LogP contribution in [0.15, 0.2) is 57.7 Å². The average molecular weight is 377 g/mol. The molecule has 0 fully saturated rings. The molecule has 28 heavy (non-hydrogen) atoms.